The average Bonchev–Trinajstić information content (AvgIpc) is 3.88. The van der Waals surface area contributed by atoms with Crippen LogP contribution in [0.4, 0.5) is 0 Å². The van der Waals surface area contributed by atoms with Gasteiger partial charge < -0.3 is 9.88 Å². The Morgan fingerprint density at radius 3 is 1.79 bits per heavy atom. The molecular formula is C54H37N7S. The van der Waals surface area contributed by atoms with E-state index >= 15 is 0 Å². The van der Waals surface area contributed by atoms with Crippen molar-refractivity contribution in [3.8, 4) is 39.9 Å². The van der Waals surface area contributed by atoms with E-state index in [0.717, 1.165) is 77.8 Å². The molecule has 1 aliphatic rings. The minimum absolute atomic E-state index is 0.315. The number of rotatable bonds is 9. The number of fused-ring (bicyclic) bond motifs is 4. The highest BCUT2D eigenvalue weighted by atomic mass is 32.1. The second-order valence-electron chi connectivity index (χ2n) is 15.0. The summed E-state index contributed by atoms with van der Waals surface area (Å²) in [5.41, 5.74) is 9.82. The lowest BCUT2D eigenvalue weighted by Gasteiger charge is -2.23. The number of aromatic nitrogens is 4. The summed E-state index contributed by atoms with van der Waals surface area (Å²) in [4.78, 5) is 25.5. The summed E-state index contributed by atoms with van der Waals surface area (Å²) in [5, 5.41) is 7.00. The molecule has 0 fully saturated rings. The number of hydrogen-bond donors (Lipinski definition) is 1. The molecule has 0 bridgehead atoms. The Labute approximate surface area is 362 Å². The summed E-state index contributed by atoms with van der Waals surface area (Å²) < 4.78 is 4.57. The van der Waals surface area contributed by atoms with E-state index in [0.29, 0.717) is 23.3 Å². The topological polar surface area (TPSA) is 80.3 Å². The molecule has 4 heterocycles. The summed E-state index contributed by atoms with van der Waals surface area (Å²) in [5.74, 6) is 3.30. The molecular weight excluding hydrogens is 779 g/mol. The summed E-state index contributed by atoms with van der Waals surface area (Å²) in [6, 6.07) is 60.3. The molecule has 10 aromatic rings. The quantitative estimate of drug-likeness (QED) is 0.157. The zero-order valence-corrected chi connectivity index (χ0v) is 34.3. The number of benzene rings is 7. The number of amidine groups is 2. The van der Waals surface area contributed by atoms with Gasteiger partial charge in [0.1, 0.15) is 12.0 Å². The molecule has 0 aliphatic carbocycles. The molecule has 1 atom stereocenters. The van der Waals surface area contributed by atoms with Gasteiger partial charge in [0.25, 0.3) is 0 Å². The van der Waals surface area contributed by atoms with Crippen LogP contribution >= 0.6 is 11.3 Å². The zero-order valence-electron chi connectivity index (χ0n) is 33.5. The third kappa shape index (κ3) is 6.59. The van der Waals surface area contributed by atoms with E-state index in [2.05, 4.69) is 114 Å². The van der Waals surface area contributed by atoms with Gasteiger partial charge in [-0.1, -0.05) is 153 Å². The third-order valence-electron chi connectivity index (χ3n) is 11.3. The van der Waals surface area contributed by atoms with Crippen LogP contribution < -0.4 is 5.32 Å². The van der Waals surface area contributed by atoms with Crippen LogP contribution in [0.3, 0.4) is 0 Å². The molecule has 0 saturated carbocycles. The van der Waals surface area contributed by atoms with E-state index in [1.807, 2.05) is 97.1 Å². The first-order valence-electron chi connectivity index (χ1n) is 20.4. The normalized spacial score (nSPS) is 13.8. The Balaban J connectivity index is 1.01. The van der Waals surface area contributed by atoms with Crippen LogP contribution in [0.25, 0.3) is 83.1 Å². The number of aliphatic imine (C=N–C) groups is 2. The first kappa shape index (κ1) is 37.0. The van der Waals surface area contributed by atoms with Gasteiger partial charge in [-0.05, 0) is 54.1 Å². The largest absolute Gasteiger partial charge is 0.344 e. The molecule has 11 rings (SSSR count). The molecule has 62 heavy (non-hydrogen) atoms. The highest BCUT2D eigenvalue weighted by Crippen LogP contribution is 2.39. The Morgan fingerprint density at radius 2 is 1.11 bits per heavy atom. The summed E-state index contributed by atoms with van der Waals surface area (Å²) in [6.07, 6.45) is 3.48. The summed E-state index contributed by atoms with van der Waals surface area (Å²) in [6.45, 7) is 8.32. The lowest BCUT2D eigenvalue weighted by Crippen LogP contribution is -2.33. The van der Waals surface area contributed by atoms with Crippen molar-refractivity contribution < 1.29 is 0 Å². The number of nitrogens with one attached hydrogen (secondary N) is 1. The Bertz CT molecular complexity index is 3410. The molecule has 0 saturated heterocycles. The van der Waals surface area contributed by atoms with Crippen molar-refractivity contribution in [2.75, 3.05) is 0 Å². The second kappa shape index (κ2) is 15.5. The van der Waals surface area contributed by atoms with Gasteiger partial charge in [-0.25, -0.2) is 24.9 Å². The van der Waals surface area contributed by atoms with Gasteiger partial charge >= 0.3 is 0 Å². The van der Waals surface area contributed by atoms with E-state index in [1.165, 1.54) is 9.40 Å². The summed E-state index contributed by atoms with van der Waals surface area (Å²) in [7, 11) is 0. The molecule has 0 amide bonds. The number of para-hydroxylation sites is 1. The minimum atomic E-state index is -0.315. The van der Waals surface area contributed by atoms with Gasteiger partial charge in [0.15, 0.2) is 23.3 Å². The first-order chi connectivity index (χ1) is 30.6. The van der Waals surface area contributed by atoms with Crippen LogP contribution in [0.1, 0.15) is 34.1 Å². The predicted octanol–water partition coefficient (Wildman–Crippen LogP) is 13.0. The molecule has 0 radical (unpaired) electrons. The molecule has 1 aliphatic heterocycles. The number of hydrogen-bond acceptors (Lipinski definition) is 7. The lowest BCUT2D eigenvalue weighted by atomic mass is 10.0. The third-order valence-corrected chi connectivity index (χ3v) is 12.4. The van der Waals surface area contributed by atoms with Gasteiger partial charge in [-0.15, -0.1) is 11.3 Å². The Morgan fingerprint density at radius 1 is 0.516 bits per heavy atom. The zero-order chi connectivity index (χ0) is 41.6. The van der Waals surface area contributed by atoms with Crippen molar-refractivity contribution >= 4 is 66.2 Å². The van der Waals surface area contributed by atoms with E-state index in [-0.39, 0.29) is 6.17 Å². The van der Waals surface area contributed by atoms with Crippen molar-refractivity contribution in [1.29, 1.82) is 0 Å². The van der Waals surface area contributed by atoms with Crippen molar-refractivity contribution in [2.45, 2.75) is 6.17 Å². The van der Waals surface area contributed by atoms with Gasteiger partial charge in [-0.2, -0.15) is 0 Å². The maximum atomic E-state index is 5.19. The smallest absolute Gasteiger partial charge is 0.164 e. The fourth-order valence-electron chi connectivity index (χ4n) is 8.28. The van der Waals surface area contributed by atoms with Crippen molar-refractivity contribution in [2.24, 2.45) is 9.98 Å². The van der Waals surface area contributed by atoms with Crippen LogP contribution in [-0.2, 0) is 0 Å². The minimum Gasteiger partial charge on any atom is -0.344 e. The number of nitrogens with zero attached hydrogens (tertiary/aromatic N) is 6. The van der Waals surface area contributed by atoms with Gasteiger partial charge in [0.2, 0.25) is 0 Å². The van der Waals surface area contributed by atoms with Crippen molar-refractivity contribution in [3.05, 3.63) is 217 Å². The molecule has 1 N–H and O–H groups in total. The average molecular weight is 816 g/mol. The van der Waals surface area contributed by atoms with Crippen molar-refractivity contribution in [3.63, 3.8) is 0 Å². The SMILES string of the molecule is C=Cc1c(C=C)n(-c2ccccc2)c2cc(-c3nc(-c4ccccc4)nc(-c4ccc5sc6cc(C7N=C(c8ccccc8)N=C(c8ccccc8)N7)ccc6c5c4)n3)ccc12. The van der Waals surface area contributed by atoms with Gasteiger partial charge in [0.05, 0.1) is 11.2 Å². The standard InChI is InChI=1S/C54H37N7S/c1-3-41-42-28-25-38(32-46(42)61(45(41)4-2)40-23-15-8-16-24-40)53-57-51(36-21-13-7-14-22-36)56-52(60-53)37-27-30-47-44(31-37)43-29-26-39(33-48(43)62-47)54-58-49(34-17-9-5-10-18-34)55-50(59-54)35-19-11-6-12-20-35/h3-33,54H,1-2H2,(H,55,58,59). The maximum Gasteiger partial charge on any atom is 0.164 e. The van der Waals surface area contributed by atoms with E-state index in [1.54, 1.807) is 11.3 Å². The number of thiophene rings is 1. The molecule has 3 aromatic heterocycles. The van der Waals surface area contributed by atoms with Gasteiger partial charge in [-0.3, -0.25) is 0 Å². The molecule has 1 unspecified atom stereocenters. The monoisotopic (exact) mass is 815 g/mol. The predicted molar refractivity (Wildman–Crippen MR) is 258 cm³/mol. The van der Waals surface area contributed by atoms with E-state index in [9.17, 15) is 0 Å². The van der Waals surface area contributed by atoms with Crippen LogP contribution in [0.5, 0.6) is 0 Å². The van der Waals surface area contributed by atoms with Crippen LogP contribution in [0.15, 0.2) is 199 Å². The first-order valence-corrected chi connectivity index (χ1v) is 21.2. The maximum absolute atomic E-state index is 5.19. The van der Waals surface area contributed by atoms with Crippen LogP contribution in [0.2, 0.25) is 0 Å². The van der Waals surface area contributed by atoms with Gasteiger partial charge in [0, 0.05) is 64.6 Å². The van der Waals surface area contributed by atoms with E-state index in [4.69, 9.17) is 24.9 Å². The lowest BCUT2D eigenvalue weighted by molar-refractivity contribution is 0.675. The Hall–Kier alpha value is -8.07. The fourth-order valence-corrected chi connectivity index (χ4v) is 9.41. The molecule has 0 spiro atoms. The van der Waals surface area contributed by atoms with E-state index < -0.39 is 0 Å². The second-order valence-corrected chi connectivity index (χ2v) is 16.1. The molecule has 8 heteroatoms. The Kier molecular flexibility index (Phi) is 9.25. The van der Waals surface area contributed by atoms with Crippen LogP contribution in [-0.4, -0.2) is 31.2 Å². The highest BCUT2D eigenvalue weighted by molar-refractivity contribution is 7.25. The van der Waals surface area contributed by atoms with Crippen LogP contribution in [0, 0.1) is 0 Å². The fraction of sp³-hybridized carbons (Fsp3) is 0.0185. The highest BCUT2D eigenvalue weighted by Gasteiger charge is 2.23. The molecule has 7 nitrogen and oxygen atoms in total. The molecule has 294 valence electrons. The molecule has 7 aromatic carbocycles. The van der Waals surface area contributed by atoms with Crippen molar-refractivity contribution in [1.82, 2.24) is 24.8 Å². The summed E-state index contributed by atoms with van der Waals surface area (Å²) >= 11 is 1.77.